The van der Waals surface area contributed by atoms with E-state index >= 15 is 0 Å². The van der Waals surface area contributed by atoms with E-state index in [0.717, 1.165) is 29.6 Å². The van der Waals surface area contributed by atoms with Crippen molar-refractivity contribution < 1.29 is 4.74 Å². The monoisotopic (exact) mass is 234 g/mol. The maximum Gasteiger partial charge on any atom is 0.123 e. The molecule has 1 aliphatic rings. The first-order valence-electron chi connectivity index (χ1n) is 6.55. The van der Waals surface area contributed by atoms with Gasteiger partial charge in [-0.15, -0.1) is 0 Å². The number of nitrogens with two attached hydrogens (primary N) is 1. The number of nitrogen functional groups attached to an aromatic ring is 1. The van der Waals surface area contributed by atoms with Crippen molar-refractivity contribution >= 4 is 11.4 Å². The van der Waals surface area contributed by atoms with Gasteiger partial charge < -0.3 is 15.8 Å². The summed E-state index contributed by atoms with van der Waals surface area (Å²) in [6, 6.07) is 5.83. The summed E-state index contributed by atoms with van der Waals surface area (Å²) < 4.78 is 5.46. The van der Waals surface area contributed by atoms with Crippen molar-refractivity contribution in [1.82, 2.24) is 0 Å². The fraction of sp³-hybridized carbons (Fsp3) is 0.571. The Morgan fingerprint density at radius 1 is 1.35 bits per heavy atom. The summed E-state index contributed by atoms with van der Waals surface area (Å²) in [5, 5.41) is 3.41. The van der Waals surface area contributed by atoms with E-state index in [1.54, 1.807) is 0 Å². The fourth-order valence-corrected chi connectivity index (χ4v) is 2.00. The Bertz CT molecular complexity index is 361. The maximum atomic E-state index is 5.83. The Hall–Kier alpha value is -1.38. The molecule has 3 nitrogen and oxygen atoms in total. The lowest BCUT2D eigenvalue weighted by Crippen LogP contribution is -2.03. The minimum atomic E-state index is 0.671. The minimum absolute atomic E-state index is 0.671. The predicted molar refractivity (Wildman–Crippen MR) is 72.5 cm³/mol. The van der Waals surface area contributed by atoms with Crippen molar-refractivity contribution in [3.8, 4) is 5.75 Å². The van der Waals surface area contributed by atoms with Gasteiger partial charge in [-0.05, 0) is 31.7 Å². The third-order valence-electron chi connectivity index (χ3n) is 3.06. The van der Waals surface area contributed by atoms with Crippen LogP contribution in [-0.4, -0.2) is 13.2 Å². The third kappa shape index (κ3) is 4.17. The van der Waals surface area contributed by atoms with Crippen LogP contribution in [-0.2, 0) is 0 Å². The van der Waals surface area contributed by atoms with Crippen molar-refractivity contribution in [3.05, 3.63) is 18.2 Å². The molecule has 1 fully saturated rings. The summed E-state index contributed by atoms with van der Waals surface area (Å²) in [5.41, 5.74) is 7.64. The SMILES string of the molecule is CCOc1cc(N)cc(NCCCC2CC2)c1. The average Bonchev–Trinajstić information content (AvgIpc) is 3.08. The van der Waals surface area contributed by atoms with Crippen LogP contribution in [0.2, 0.25) is 0 Å². The second-order valence-corrected chi connectivity index (χ2v) is 4.74. The molecule has 0 radical (unpaired) electrons. The maximum absolute atomic E-state index is 5.83. The third-order valence-corrected chi connectivity index (χ3v) is 3.06. The number of anilines is 2. The second kappa shape index (κ2) is 5.80. The van der Waals surface area contributed by atoms with Crippen molar-refractivity contribution in [1.29, 1.82) is 0 Å². The van der Waals surface area contributed by atoms with E-state index in [-0.39, 0.29) is 0 Å². The van der Waals surface area contributed by atoms with Gasteiger partial charge in [-0.1, -0.05) is 12.8 Å². The Labute approximate surface area is 103 Å². The van der Waals surface area contributed by atoms with Gasteiger partial charge in [-0.2, -0.15) is 0 Å². The molecule has 2 rings (SSSR count). The molecule has 1 saturated carbocycles. The van der Waals surface area contributed by atoms with E-state index in [1.165, 1.54) is 25.7 Å². The first-order valence-corrected chi connectivity index (χ1v) is 6.55. The number of nitrogens with one attached hydrogen (secondary N) is 1. The smallest absolute Gasteiger partial charge is 0.123 e. The molecule has 3 N–H and O–H groups in total. The van der Waals surface area contributed by atoms with E-state index in [2.05, 4.69) is 5.32 Å². The van der Waals surface area contributed by atoms with Gasteiger partial charge >= 0.3 is 0 Å². The van der Waals surface area contributed by atoms with Gasteiger partial charge in [0.05, 0.1) is 6.61 Å². The number of benzene rings is 1. The van der Waals surface area contributed by atoms with Crippen LogP contribution < -0.4 is 15.8 Å². The highest BCUT2D eigenvalue weighted by Gasteiger charge is 2.19. The predicted octanol–water partition coefficient (Wildman–Crippen LogP) is 3.27. The molecular formula is C14H22N2O. The van der Waals surface area contributed by atoms with Crippen molar-refractivity contribution in [2.75, 3.05) is 24.2 Å². The highest BCUT2D eigenvalue weighted by Crippen LogP contribution is 2.33. The zero-order chi connectivity index (χ0) is 12.1. The van der Waals surface area contributed by atoms with Crippen molar-refractivity contribution in [3.63, 3.8) is 0 Å². The Kier molecular flexibility index (Phi) is 4.13. The molecule has 0 aliphatic heterocycles. The normalized spacial score (nSPS) is 14.6. The quantitative estimate of drug-likeness (QED) is 0.562. The van der Waals surface area contributed by atoms with Crippen LogP contribution in [0.4, 0.5) is 11.4 Å². The van der Waals surface area contributed by atoms with Crippen LogP contribution in [0.1, 0.15) is 32.6 Å². The van der Waals surface area contributed by atoms with Crippen LogP contribution in [0.3, 0.4) is 0 Å². The lowest BCUT2D eigenvalue weighted by molar-refractivity contribution is 0.340. The topological polar surface area (TPSA) is 47.3 Å². The molecule has 0 atom stereocenters. The molecule has 0 unspecified atom stereocenters. The molecule has 0 amide bonds. The van der Waals surface area contributed by atoms with Crippen LogP contribution in [0.5, 0.6) is 5.75 Å². The molecule has 0 spiro atoms. The largest absolute Gasteiger partial charge is 0.494 e. The van der Waals surface area contributed by atoms with E-state index < -0.39 is 0 Å². The summed E-state index contributed by atoms with van der Waals surface area (Å²) in [4.78, 5) is 0. The Balaban J connectivity index is 1.80. The highest BCUT2D eigenvalue weighted by molar-refractivity contribution is 5.59. The number of hydrogen-bond acceptors (Lipinski definition) is 3. The van der Waals surface area contributed by atoms with Crippen molar-refractivity contribution in [2.24, 2.45) is 5.92 Å². The fourth-order valence-electron chi connectivity index (χ4n) is 2.00. The van der Waals surface area contributed by atoms with E-state index in [9.17, 15) is 0 Å². The average molecular weight is 234 g/mol. The van der Waals surface area contributed by atoms with Crippen LogP contribution >= 0.6 is 0 Å². The summed E-state index contributed by atoms with van der Waals surface area (Å²) in [6.45, 7) is 3.67. The molecule has 1 aromatic rings. The second-order valence-electron chi connectivity index (χ2n) is 4.74. The molecule has 94 valence electrons. The number of rotatable bonds is 7. The van der Waals surface area contributed by atoms with Crippen LogP contribution in [0, 0.1) is 5.92 Å². The van der Waals surface area contributed by atoms with Crippen LogP contribution in [0.25, 0.3) is 0 Å². The van der Waals surface area contributed by atoms with E-state index in [4.69, 9.17) is 10.5 Å². The van der Waals surface area contributed by atoms with Gasteiger partial charge in [0.15, 0.2) is 0 Å². The first-order chi connectivity index (χ1) is 8.28. The van der Waals surface area contributed by atoms with Gasteiger partial charge in [-0.25, -0.2) is 0 Å². The zero-order valence-electron chi connectivity index (χ0n) is 10.5. The van der Waals surface area contributed by atoms with E-state index in [1.807, 2.05) is 25.1 Å². The summed E-state index contributed by atoms with van der Waals surface area (Å²) in [6.07, 6.45) is 5.47. The van der Waals surface area contributed by atoms with E-state index in [0.29, 0.717) is 6.61 Å². The summed E-state index contributed by atoms with van der Waals surface area (Å²) in [5.74, 6) is 1.86. The Morgan fingerprint density at radius 2 is 2.18 bits per heavy atom. The van der Waals surface area contributed by atoms with Gasteiger partial charge in [0.2, 0.25) is 0 Å². The molecule has 0 heterocycles. The lowest BCUT2D eigenvalue weighted by atomic mass is 10.2. The van der Waals surface area contributed by atoms with Gasteiger partial charge in [0.25, 0.3) is 0 Å². The van der Waals surface area contributed by atoms with Crippen LogP contribution in [0.15, 0.2) is 18.2 Å². The molecule has 17 heavy (non-hydrogen) atoms. The van der Waals surface area contributed by atoms with Gasteiger partial charge in [0.1, 0.15) is 5.75 Å². The Morgan fingerprint density at radius 3 is 2.88 bits per heavy atom. The summed E-state index contributed by atoms with van der Waals surface area (Å²) in [7, 11) is 0. The molecule has 1 aromatic carbocycles. The molecule has 0 aromatic heterocycles. The molecular weight excluding hydrogens is 212 g/mol. The molecule has 0 saturated heterocycles. The first kappa shape index (κ1) is 12.1. The van der Waals surface area contributed by atoms with Crippen molar-refractivity contribution in [2.45, 2.75) is 32.6 Å². The summed E-state index contributed by atoms with van der Waals surface area (Å²) >= 11 is 0. The standard InChI is InChI=1S/C14H22N2O/c1-2-17-14-9-12(15)8-13(10-14)16-7-3-4-11-5-6-11/h8-11,16H,2-7,15H2,1H3. The molecule has 3 heteroatoms. The number of ether oxygens (including phenoxy) is 1. The van der Waals surface area contributed by atoms with Gasteiger partial charge in [-0.3, -0.25) is 0 Å². The zero-order valence-corrected chi connectivity index (χ0v) is 10.5. The molecule has 1 aliphatic carbocycles. The van der Waals surface area contributed by atoms with Gasteiger partial charge in [0, 0.05) is 30.1 Å². The number of hydrogen-bond donors (Lipinski definition) is 2. The minimum Gasteiger partial charge on any atom is -0.494 e. The lowest BCUT2D eigenvalue weighted by Gasteiger charge is -2.10. The molecule has 0 bridgehead atoms. The highest BCUT2D eigenvalue weighted by atomic mass is 16.5.